The summed E-state index contributed by atoms with van der Waals surface area (Å²) in [4.78, 5) is 29.4. The molecule has 2 atom stereocenters. The van der Waals surface area contributed by atoms with Crippen LogP contribution in [0.4, 0.5) is 0 Å². The average molecular weight is 329 g/mol. The maximum Gasteiger partial charge on any atom is 0.341 e. The van der Waals surface area contributed by atoms with Crippen molar-refractivity contribution in [3.8, 4) is 0 Å². The lowest BCUT2D eigenvalue weighted by atomic mass is 10.0. The van der Waals surface area contributed by atoms with Gasteiger partial charge in [-0.05, 0) is 19.0 Å². The Morgan fingerprint density at radius 3 is 2.90 bits per heavy atom. The van der Waals surface area contributed by atoms with E-state index in [2.05, 4.69) is 11.5 Å². The number of carbonyl (C=O) groups is 2. The van der Waals surface area contributed by atoms with Gasteiger partial charge in [0.25, 0.3) is 0 Å². The molecule has 2 aliphatic rings. The molecule has 8 heteroatoms. The van der Waals surface area contributed by atoms with Crippen molar-refractivity contribution in [2.45, 2.75) is 31.4 Å². The van der Waals surface area contributed by atoms with E-state index in [9.17, 15) is 9.59 Å². The lowest BCUT2D eigenvalue weighted by molar-refractivity contribution is -0.147. The summed E-state index contributed by atoms with van der Waals surface area (Å²) in [5.41, 5.74) is 1.35. The highest BCUT2D eigenvalue weighted by Crippen LogP contribution is 2.40. The Hall–Kier alpha value is -0.836. The summed E-state index contributed by atoms with van der Waals surface area (Å²) in [5.74, 6) is 0.416. The van der Waals surface area contributed by atoms with E-state index in [0.717, 1.165) is 11.3 Å². The van der Waals surface area contributed by atoms with Gasteiger partial charge in [-0.1, -0.05) is 18.7 Å². The van der Waals surface area contributed by atoms with Gasteiger partial charge >= 0.3 is 5.97 Å². The highest BCUT2D eigenvalue weighted by molar-refractivity contribution is 8.00. The highest BCUT2D eigenvalue weighted by atomic mass is 32.2. The van der Waals surface area contributed by atoms with Crippen LogP contribution in [0.1, 0.15) is 6.92 Å². The lowest BCUT2D eigenvalue weighted by Crippen LogP contribution is -2.70. The molecular weight excluding hydrogens is 308 g/mol. The maximum absolute atomic E-state index is 12.3. The van der Waals surface area contributed by atoms with Crippen LogP contribution in [-0.4, -0.2) is 53.4 Å². The number of carbonyl (C=O) groups excluding carboxylic acids is 2. The van der Waals surface area contributed by atoms with Crippen LogP contribution in [0.5, 0.6) is 0 Å². The van der Waals surface area contributed by atoms with E-state index >= 15 is 0 Å². The smallest absolute Gasteiger partial charge is 0.341 e. The van der Waals surface area contributed by atoms with Crippen molar-refractivity contribution in [3.05, 3.63) is 23.4 Å². The number of hydrogen-bond acceptors (Lipinski definition) is 5. The van der Waals surface area contributed by atoms with Crippen LogP contribution in [0.15, 0.2) is 23.4 Å². The largest absolute Gasteiger partial charge is 0.521 e. The van der Waals surface area contributed by atoms with Crippen LogP contribution < -0.4 is 4.98 Å². The van der Waals surface area contributed by atoms with Crippen LogP contribution >= 0.6 is 11.8 Å². The van der Waals surface area contributed by atoms with Crippen molar-refractivity contribution in [3.63, 3.8) is 0 Å². The van der Waals surface area contributed by atoms with Gasteiger partial charge in [0.1, 0.15) is 17.1 Å². The number of fused-ring (bicyclic) bond motifs is 1. The zero-order chi connectivity index (χ0) is 14.7. The Morgan fingerprint density at radius 1 is 1.55 bits per heavy atom. The highest BCUT2D eigenvalue weighted by Gasteiger charge is 2.52. The van der Waals surface area contributed by atoms with Gasteiger partial charge in [0, 0.05) is 5.75 Å². The van der Waals surface area contributed by atoms with Crippen LogP contribution in [0, 0.1) is 0 Å². The van der Waals surface area contributed by atoms with Gasteiger partial charge in [0.15, 0.2) is 0 Å². The summed E-state index contributed by atoms with van der Waals surface area (Å²) < 4.78 is 5.25. The summed E-state index contributed by atoms with van der Waals surface area (Å²) in [6.07, 6.45) is 3.80. The number of β-lactam (4-membered cyclic amide) rings is 1. The Balaban J connectivity index is 2.30. The number of rotatable bonds is 5. The molecule has 1 amide bonds. The minimum atomic E-state index is -0.831. The second kappa shape index (κ2) is 6.75. The third-order valence-electron chi connectivity index (χ3n) is 3.26. The fourth-order valence-corrected chi connectivity index (χ4v) is 5.19. The molecular formula is C12H20N2O3SSi2. The van der Waals surface area contributed by atoms with Gasteiger partial charge in [0.2, 0.25) is 15.7 Å². The quantitative estimate of drug-likeness (QED) is 0.544. The molecule has 2 heterocycles. The van der Waals surface area contributed by atoms with E-state index in [0.29, 0.717) is 5.70 Å². The van der Waals surface area contributed by atoms with Crippen molar-refractivity contribution in [2.24, 2.45) is 0 Å². The van der Waals surface area contributed by atoms with Gasteiger partial charge in [0.05, 0.1) is 9.68 Å². The molecule has 1 saturated heterocycles. The Morgan fingerprint density at radius 2 is 2.30 bits per heavy atom. The molecule has 0 aliphatic carbocycles. The van der Waals surface area contributed by atoms with Gasteiger partial charge in [-0.15, -0.1) is 11.8 Å². The summed E-state index contributed by atoms with van der Waals surface area (Å²) in [6, 6.07) is -0.120. The molecule has 0 saturated carbocycles. The first-order valence-electron chi connectivity index (χ1n) is 6.86. The summed E-state index contributed by atoms with van der Waals surface area (Å²) in [7, 11) is -1.22. The lowest BCUT2D eigenvalue weighted by Gasteiger charge is -2.49. The van der Waals surface area contributed by atoms with Gasteiger partial charge in [-0.25, -0.2) is 4.79 Å². The third-order valence-corrected chi connectivity index (χ3v) is 5.96. The zero-order valence-corrected chi connectivity index (χ0v) is 15.7. The molecule has 1 fully saturated rings. The van der Waals surface area contributed by atoms with Crippen molar-refractivity contribution in [1.29, 1.82) is 0 Å². The molecule has 0 aromatic carbocycles. The fraction of sp³-hybridized carbons (Fsp3) is 0.500. The number of nitrogens with one attached hydrogen (secondary N) is 1. The van der Waals surface area contributed by atoms with Crippen LogP contribution in [-0.2, 0) is 14.0 Å². The first-order chi connectivity index (χ1) is 9.65. The van der Waals surface area contributed by atoms with Crippen molar-refractivity contribution in [1.82, 2.24) is 9.88 Å². The van der Waals surface area contributed by atoms with Gasteiger partial charge in [-0.2, -0.15) is 0 Å². The standard InChI is InChI=1S/C12H20N2O3SSi2/c1-4-5-7-6-18-11-8(13-19-2)10(15)14(11)9(7)12(16)17-20-3/h4-5,8,11,13H,6,19-20H2,1-3H3. The molecule has 2 rings (SSSR count). The van der Waals surface area contributed by atoms with Crippen molar-refractivity contribution >= 4 is 43.1 Å². The number of hydrogen-bond donors (Lipinski definition) is 1. The van der Waals surface area contributed by atoms with Crippen LogP contribution in [0.25, 0.3) is 0 Å². The van der Waals surface area contributed by atoms with Crippen LogP contribution in [0.3, 0.4) is 0 Å². The normalized spacial score (nSPS) is 26.9. The van der Waals surface area contributed by atoms with E-state index in [1.165, 1.54) is 0 Å². The molecule has 2 unspecified atom stereocenters. The second-order valence-corrected chi connectivity index (χ2v) is 7.63. The van der Waals surface area contributed by atoms with E-state index in [1.54, 1.807) is 16.7 Å². The molecule has 5 nitrogen and oxygen atoms in total. The Labute approximate surface area is 128 Å². The van der Waals surface area contributed by atoms with Gasteiger partial charge in [-0.3, -0.25) is 9.69 Å². The Kier molecular flexibility index (Phi) is 5.25. The minimum Gasteiger partial charge on any atom is -0.521 e. The average Bonchev–Trinajstić information content (AvgIpc) is 2.44. The summed E-state index contributed by atoms with van der Waals surface area (Å²) in [6.45, 7) is 5.93. The molecule has 0 spiro atoms. The molecule has 110 valence electrons. The first-order valence-corrected chi connectivity index (χ1v) is 12.0. The zero-order valence-electron chi connectivity index (χ0n) is 12.0. The van der Waals surface area contributed by atoms with Crippen molar-refractivity contribution in [2.75, 3.05) is 5.75 Å². The monoisotopic (exact) mass is 328 g/mol. The number of amides is 1. The second-order valence-electron chi connectivity index (χ2n) is 4.54. The maximum atomic E-state index is 12.3. The molecule has 1 N–H and O–H groups in total. The van der Waals surface area contributed by atoms with Crippen LogP contribution in [0.2, 0.25) is 13.1 Å². The molecule has 0 radical (unpaired) electrons. The third kappa shape index (κ3) is 2.65. The summed E-state index contributed by atoms with van der Waals surface area (Å²) >= 11 is 1.71. The van der Waals surface area contributed by atoms with Gasteiger partial charge < -0.3 is 9.41 Å². The molecule has 0 aromatic rings. The summed E-state index contributed by atoms with van der Waals surface area (Å²) in [5, 5.41) is 0.0463. The SMILES string of the molecule is CC=CC1=C(C(=O)O[SiH2]C)N2C(=O)C(N[SiH2]C)C2SC1. The first kappa shape index (κ1) is 15.6. The molecule has 0 bridgehead atoms. The topological polar surface area (TPSA) is 58.6 Å². The molecule has 2 aliphatic heterocycles. The molecule has 20 heavy (non-hydrogen) atoms. The predicted octanol–water partition coefficient (Wildman–Crippen LogP) is -0.503. The van der Waals surface area contributed by atoms with E-state index in [4.69, 9.17) is 4.43 Å². The van der Waals surface area contributed by atoms with Crippen molar-refractivity contribution < 1.29 is 14.0 Å². The van der Waals surface area contributed by atoms with E-state index < -0.39 is 19.4 Å². The number of allylic oxidation sites excluding steroid dienone is 2. The number of nitrogens with zero attached hydrogens (tertiary/aromatic N) is 1. The van der Waals surface area contributed by atoms with E-state index in [1.807, 2.05) is 25.6 Å². The van der Waals surface area contributed by atoms with E-state index in [-0.39, 0.29) is 23.3 Å². The predicted molar refractivity (Wildman–Crippen MR) is 86.8 cm³/mol. The minimum absolute atomic E-state index is 0.00303. The number of thioether (sulfide) groups is 1. The fourth-order valence-electron chi connectivity index (χ4n) is 2.44. The molecule has 0 aromatic heterocycles. The Bertz CT molecular complexity index is 481.